The van der Waals surface area contributed by atoms with E-state index < -0.39 is 0 Å². The smallest absolute Gasteiger partial charge is 0.256 e. The summed E-state index contributed by atoms with van der Waals surface area (Å²) in [4.78, 5) is 12.1. The number of thiophene rings is 1. The Morgan fingerprint density at radius 3 is 2.80 bits per heavy atom. The van der Waals surface area contributed by atoms with E-state index in [2.05, 4.69) is 33.1 Å². The Hall–Kier alpha value is -1.32. The van der Waals surface area contributed by atoms with Crippen molar-refractivity contribution >= 4 is 63.0 Å². The van der Waals surface area contributed by atoms with Gasteiger partial charge in [-0.1, -0.05) is 16.8 Å². The summed E-state index contributed by atoms with van der Waals surface area (Å²) in [5.41, 5.74) is 6.90. The van der Waals surface area contributed by atoms with E-state index in [1.54, 1.807) is 29.6 Å². The van der Waals surface area contributed by atoms with Crippen molar-refractivity contribution in [3.05, 3.63) is 48.7 Å². The van der Waals surface area contributed by atoms with Gasteiger partial charge in [0.2, 0.25) is 0 Å². The third-order valence-corrected chi connectivity index (χ3v) is 4.47. The van der Waals surface area contributed by atoms with Crippen LogP contribution in [0.25, 0.3) is 0 Å². The van der Waals surface area contributed by atoms with Gasteiger partial charge in [-0.05, 0) is 46.9 Å². The second kappa shape index (κ2) is 6.42. The second-order valence-corrected chi connectivity index (χ2v) is 7.01. The zero-order valence-corrected chi connectivity index (χ0v) is 13.7. The topological polar surface area (TPSA) is 87.7 Å². The Labute approximate surface area is 137 Å². The predicted molar refractivity (Wildman–Crippen MR) is 89.0 cm³/mol. The molecular weight excluding hydrogens is 413 g/mol. The first-order chi connectivity index (χ1) is 9.51. The van der Waals surface area contributed by atoms with Crippen LogP contribution in [0.2, 0.25) is 5.02 Å². The summed E-state index contributed by atoms with van der Waals surface area (Å²) in [5.74, 6) is -0.379. The van der Waals surface area contributed by atoms with Crippen LogP contribution >= 0.6 is 45.5 Å². The van der Waals surface area contributed by atoms with E-state index in [9.17, 15) is 4.79 Å². The maximum atomic E-state index is 12.1. The van der Waals surface area contributed by atoms with E-state index in [1.165, 1.54) is 11.3 Å². The van der Waals surface area contributed by atoms with E-state index in [1.807, 2.05) is 0 Å². The first-order valence-electron chi connectivity index (χ1n) is 5.34. The lowest BCUT2D eigenvalue weighted by Crippen LogP contribution is -2.19. The second-order valence-electron chi connectivity index (χ2n) is 3.77. The zero-order valence-electron chi connectivity index (χ0n) is 9.93. The van der Waals surface area contributed by atoms with Crippen molar-refractivity contribution < 1.29 is 10.0 Å². The molecule has 1 aromatic carbocycles. The fraction of sp³-hybridized carbons (Fsp3) is 0. The lowest BCUT2D eigenvalue weighted by atomic mass is 10.1. The Morgan fingerprint density at radius 2 is 2.20 bits per heavy atom. The van der Waals surface area contributed by atoms with Gasteiger partial charge in [-0.2, -0.15) is 0 Å². The normalized spacial score (nSPS) is 11.4. The monoisotopic (exact) mass is 421 g/mol. The minimum atomic E-state index is -0.279. The lowest BCUT2D eigenvalue weighted by Gasteiger charge is -2.10. The number of carbonyl (C=O) groups is 1. The quantitative estimate of drug-likeness (QED) is 0.233. The first-order valence-corrected chi connectivity index (χ1v) is 7.67. The number of carbonyl (C=O) groups excluding carboxylic acids is 1. The number of hydrogen-bond donors (Lipinski definition) is 3. The van der Waals surface area contributed by atoms with Crippen molar-refractivity contribution in [3.8, 4) is 0 Å². The molecule has 20 heavy (non-hydrogen) atoms. The van der Waals surface area contributed by atoms with E-state index in [0.717, 1.165) is 2.88 Å². The lowest BCUT2D eigenvalue weighted by molar-refractivity contribution is 0.102. The molecule has 2 rings (SSSR count). The molecule has 0 spiro atoms. The van der Waals surface area contributed by atoms with Crippen LogP contribution in [-0.4, -0.2) is 17.0 Å². The summed E-state index contributed by atoms with van der Waals surface area (Å²) in [6.45, 7) is 0. The summed E-state index contributed by atoms with van der Waals surface area (Å²) in [5, 5.41) is 16.6. The van der Waals surface area contributed by atoms with Crippen LogP contribution in [0, 0.1) is 2.88 Å². The minimum Gasteiger partial charge on any atom is -0.409 e. The molecule has 0 unspecified atom stereocenters. The molecule has 0 saturated heterocycles. The number of hydrogen-bond acceptors (Lipinski definition) is 4. The van der Waals surface area contributed by atoms with Crippen LogP contribution < -0.4 is 11.1 Å². The summed E-state index contributed by atoms with van der Waals surface area (Å²) in [6.07, 6.45) is 0. The fourth-order valence-corrected chi connectivity index (χ4v) is 3.02. The molecule has 8 heteroatoms. The highest BCUT2D eigenvalue weighted by Crippen LogP contribution is 2.23. The molecule has 0 aliphatic carbocycles. The van der Waals surface area contributed by atoms with Gasteiger partial charge in [0.15, 0.2) is 5.84 Å². The predicted octanol–water partition coefficient (Wildman–Crippen LogP) is 3.35. The Morgan fingerprint density at radius 1 is 1.45 bits per heavy atom. The molecule has 0 aliphatic heterocycles. The molecule has 1 aromatic heterocycles. The molecule has 0 radical (unpaired) electrons. The van der Waals surface area contributed by atoms with Crippen LogP contribution in [0.15, 0.2) is 34.8 Å². The molecule has 104 valence electrons. The fourth-order valence-electron chi connectivity index (χ4n) is 1.52. The molecule has 4 N–H and O–H groups in total. The average molecular weight is 422 g/mol. The van der Waals surface area contributed by atoms with Crippen LogP contribution in [0.3, 0.4) is 0 Å². The Bertz CT molecular complexity index is 687. The van der Waals surface area contributed by atoms with Gasteiger partial charge in [0, 0.05) is 16.0 Å². The van der Waals surface area contributed by atoms with Crippen LogP contribution in [-0.2, 0) is 0 Å². The highest BCUT2D eigenvalue weighted by Gasteiger charge is 2.13. The number of nitrogens with one attached hydrogen (secondary N) is 1. The molecule has 2 aromatic rings. The van der Waals surface area contributed by atoms with E-state index in [-0.39, 0.29) is 11.7 Å². The highest BCUT2D eigenvalue weighted by molar-refractivity contribution is 14.1. The van der Waals surface area contributed by atoms with E-state index >= 15 is 0 Å². The van der Waals surface area contributed by atoms with Crippen LogP contribution in [0.5, 0.6) is 0 Å². The summed E-state index contributed by atoms with van der Waals surface area (Å²) < 4.78 is 1.01. The summed E-state index contributed by atoms with van der Waals surface area (Å²) in [7, 11) is 0. The van der Waals surface area contributed by atoms with E-state index in [4.69, 9.17) is 22.5 Å². The molecule has 0 fully saturated rings. The van der Waals surface area contributed by atoms with Crippen LogP contribution in [0.4, 0.5) is 5.69 Å². The standard InChI is InChI=1S/C12H9ClIN3O2S/c13-7-1-2-8(11(15)17-19)9(4-7)16-12(18)6-3-10(14)20-5-6/h1-5,19H,(H2,15,17)(H,16,18). The largest absolute Gasteiger partial charge is 0.409 e. The Kier molecular flexibility index (Phi) is 4.84. The molecule has 0 aliphatic rings. The van der Waals surface area contributed by atoms with E-state index in [0.29, 0.717) is 21.8 Å². The maximum absolute atomic E-state index is 12.1. The van der Waals surface area contributed by atoms with Gasteiger partial charge < -0.3 is 16.3 Å². The number of nitrogens with zero attached hydrogens (tertiary/aromatic N) is 1. The third kappa shape index (κ3) is 3.41. The van der Waals surface area contributed by atoms with Crippen molar-refractivity contribution in [2.24, 2.45) is 10.9 Å². The van der Waals surface area contributed by atoms with Crippen molar-refractivity contribution in [2.45, 2.75) is 0 Å². The molecular formula is C12H9ClIN3O2S. The molecule has 1 amide bonds. The van der Waals surface area contributed by atoms with Crippen molar-refractivity contribution in [1.29, 1.82) is 0 Å². The number of benzene rings is 1. The van der Waals surface area contributed by atoms with Crippen molar-refractivity contribution in [2.75, 3.05) is 5.32 Å². The number of oxime groups is 1. The maximum Gasteiger partial charge on any atom is 0.256 e. The molecule has 1 heterocycles. The summed E-state index contributed by atoms with van der Waals surface area (Å²) in [6, 6.07) is 6.49. The number of nitrogens with two attached hydrogens (primary N) is 1. The molecule has 0 saturated carbocycles. The molecule has 5 nitrogen and oxygen atoms in total. The number of amidine groups is 1. The van der Waals surface area contributed by atoms with Gasteiger partial charge in [-0.25, -0.2) is 0 Å². The number of amides is 1. The minimum absolute atomic E-state index is 0.100. The van der Waals surface area contributed by atoms with Crippen molar-refractivity contribution in [3.63, 3.8) is 0 Å². The van der Waals surface area contributed by atoms with Crippen molar-refractivity contribution in [1.82, 2.24) is 0 Å². The summed E-state index contributed by atoms with van der Waals surface area (Å²) >= 11 is 9.52. The van der Waals surface area contributed by atoms with Gasteiger partial charge in [-0.3, -0.25) is 4.79 Å². The number of halogens is 2. The third-order valence-electron chi connectivity index (χ3n) is 2.44. The van der Waals surface area contributed by atoms with Gasteiger partial charge in [0.1, 0.15) is 0 Å². The average Bonchev–Trinajstić information content (AvgIpc) is 2.85. The van der Waals surface area contributed by atoms with Gasteiger partial charge >= 0.3 is 0 Å². The number of rotatable bonds is 3. The molecule has 0 bridgehead atoms. The highest BCUT2D eigenvalue weighted by atomic mass is 127. The first kappa shape index (κ1) is 15.1. The SMILES string of the molecule is NC(=NO)c1ccc(Cl)cc1NC(=O)c1csc(I)c1. The number of anilines is 1. The Balaban J connectivity index is 2.33. The zero-order chi connectivity index (χ0) is 14.7. The van der Waals surface area contributed by atoms with Gasteiger partial charge in [-0.15, -0.1) is 11.3 Å². The van der Waals surface area contributed by atoms with Gasteiger partial charge in [0.25, 0.3) is 5.91 Å². The van der Waals surface area contributed by atoms with Gasteiger partial charge in [0.05, 0.1) is 14.1 Å². The molecule has 0 atom stereocenters. The van der Waals surface area contributed by atoms with Crippen LogP contribution in [0.1, 0.15) is 15.9 Å².